The van der Waals surface area contributed by atoms with Gasteiger partial charge in [0.15, 0.2) is 11.5 Å². The van der Waals surface area contributed by atoms with Gasteiger partial charge in [-0.15, -0.1) is 0 Å². The van der Waals surface area contributed by atoms with Crippen molar-refractivity contribution in [2.45, 2.75) is 51.2 Å². The summed E-state index contributed by atoms with van der Waals surface area (Å²) in [6.45, 7) is 3.99. The molecule has 4 rings (SSSR count). The number of aliphatic imine (C=N–C) groups is 1. The lowest BCUT2D eigenvalue weighted by atomic mass is 9.74. The highest BCUT2D eigenvalue weighted by Crippen LogP contribution is 2.45. The van der Waals surface area contributed by atoms with E-state index in [2.05, 4.69) is 11.1 Å². The largest absolute Gasteiger partial charge is 0.493 e. The summed E-state index contributed by atoms with van der Waals surface area (Å²) >= 11 is 0. The highest BCUT2D eigenvalue weighted by molar-refractivity contribution is 6.14. The van der Waals surface area contributed by atoms with Crippen molar-refractivity contribution in [3.05, 3.63) is 53.3 Å². The molecular weight excluding hydrogens is 368 g/mol. The van der Waals surface area contributed by atoms with E-state index in [-0.39, 0.29) is 24.0 Å². The summed E-state index contributed by atoms with van der Waals surface area (Å²) in [6, 6.07) is 8.19. The minimum absolute atomic E-state index is 0.0746. The lowest BCUT2D eigenvalue weighted by Gasteiger charge is -2.38. The zero-order chi connectivity index (χ0) is 20.4. The van der Waals surface area contributed by atoms with Crippen LogP contribution in [0.1, 0.15) is 55.7 Å². The van der Waals surface area contributed by atoms with Crippen molar-refractivity contribution in [2.24, 2.45) is 4.99 Å². The van der Waals surface area contributed by atoms with Gasteiger partial charge in [-0.1, -0.05) is 0 Å². The first kappa shape index (κ1) is 19.4. The van der Waals surface area contributed by atoms with Gasteiger partial charge in [-0.2, -0.15) is 0 Å². The van der Waals surface area contributed by atoms with Crippen molar-refractivity contribution in [3.8, 4) is 11.5 Å². The van der Waals surface area contributed by atoms with Crippen molar-refractivity contribution >= 4 is 11.7 Å². The molecule has 0 radical (unpaired) electrons. The molecule has 6 nitrogen and oxygen atoms in total. The maximum Gasteiger partial charge on any atom is 0.302 e. The average Bonchev–Trinajstić information content (AvgIpc) is 2.73. The Morgan fingerprint density at radius 2 is 2.10 bits per heavy atom. The van der Waals surface area contributed by atoms with Gasteiger partial charge in [0.2, 0.25) is 0 Å². The molecule has 1 fully saturated rings. The molecule has 0 bridgehead atoms. The van der Waals surface area contributed by atoms with Crippen LogP contribution in [0, 0.1) is 0 Å². The predicted molar refractivity (Wildman–Crippen MR) is 110 cm³/mol. The minimum atomic E-state index is -0.228. The predicted octanol–water partition coefficient (Wildman–Crippen LogP) is 3.91. The smallest absolute Gasteiger partial charge is 0.302 e. The fraction of sp³-hybridized carbons (Fsp3) is 0.435. The van der Waals surface area contributed by atoms with Crippen molar-refractivity contribution in [3.63, 3.8) is 0 Å². The quantitative estimate of drug-likeness (QED) is 0.719. The third kappa shape index (κ3) is 3.84. The van der Waals surface area contributed by atoms with E-state index in [0.29, 0.717) is 12.4 Å². The standard InChI is InChI=1S/C23H26N2O4/c1-4-28-22-11-17-18-10-16(29-14(2)26)7-8-20(18)25-23(15-6-5-9-24-13-15)19(17)12-21(22)27-3/h5-6,9,11-13,16,18,20H,4,7-8,10H2,1-3H3. The number of carbonyl (C=O) groups is 1. The van der Waals surface area contributed by atoms with Crippen LogP contribution in [0.15, 0.2) is 41.7 Å². The van der Waals surface area contributed by atoms with Gasteiger partial charge in [0.25, 0.3) is 0 Å². The van der Waals surface area contributed by atoms with Crippen LogP contribution < -0.4 is 9.47 Å². The van der Waals surface area contributed by atoms with Crippen LogP contribution in [-0.2, 0) is 9.53 Å². The number of hydrogen-bond donors (Lipinski definition) is 0. The highest BCUT2D eigenvalue weighted by Gasteiger charge is 2.38. The Hall–Kier alpha value is -2.89. The number of pyridine rings is 1. The van der Waals surface area contributed by atoms with Crippen molar-refractivity contribution in [1.29, 1.82) is 0 Å². The average molecular weight is 394 g/mol. The summed E-state index contributed by atoms with van der Waals surface area (Å²) in [4.78, 5) is 20.9. The Labute approximate surface area is 170 Å². The van der Waals surface area contributed by atoms with E-state index in [0.717, 1.165) is 41.9 Å². The number of hydrogen-bond acceptors (Lipinski definition) is 6. The maximum absolute atomic E-state index is 11.5. The third-order valence-electron chi connectivity index (χ3n) is 5.62. The summed E-state index contributed by atoms with van der Waals surface area (Å²) in [7, 11) is 1.65. The lowest BCUT2D eigenvalue weighted by Crippen LogP contribution is -2.36. The van der Waals surface area contributed by atoms with E-state index in [4.69, 9.17) is 19.2 Å². The summed E-state index contributed by atoms with van der Waals surface area (Å²) in [6.07, 6.45) is 6.00. The topological polar surface area (TPSA) is 70.0 Å². The molecule has 1 aliphatic heterocycles. The molecule has 3 atom stereocenters. The number of benzene rings is 1. The number of nitrogens with zero attached hydrogens (tertiary/aromatic N) is 2. The SMILES string of the molecule is CCOc1cc2c(cc1OC)C(c1cccnc1)=NC1CCC(OC(C)=O)CC21. The van der Waals surface area contributed by atoms with Crippen LogP contribution in [0.25, 0.3) is 0 Å². The lowest BCUT2D eigenvalue weighted by molar-refractivity contribution is -0.148. The number of carbonyl (C=O) groups excluding carboxylic acids is 1. The second kappa shape index (κ2) is 8.23. The molecule has 0 saturated heterocycles. The third-order valence-corrected chi connectivity index (χ3v) is 5.62. The Morgan fingerprint density at radius 3 is 2.79 bits per heavy atom. The summed E-state index contributed by atoms with van der Waals surface area (Å²) in [5.74, 6) is 1.37. The molecule has 0 N–H and O–H groups in total. The Balaban J connectivity index is 1.82. The molecule has 152 valence electrons. The fourth-order valence-electron chi connectivity index (χ4n) is 4.43. The van der Waals surface area contributed by atoms with Crippen molar-refractivity contribution in [1.82, 2.24) is 4.98 Å². The second-order valence-corrected chi connectivity index (χ2v) is 7.46. The van der Waals surface area contributed by atoms with Crippen molar-refractivity contribution in [2.75, 3.05) is 13.7 Å². The molecule has 1 aromatic carbocycles. The van der Waals surface area contributed by atoms with E-state index < -0.39 is 0 Å². The monoisotopic (exact) mass is 394 g/mol. The summed E-state index contributed by atoms with van der Waals surface area (Å²) in [5, 5.41) is 0. The van der Waals surface area contributed by atoms with Gasteiger partial charge in [0.05, 0.1) is 25.5 Å². The van der Waals surface area contributed by atoms with Gasteiger partial charge in [-0.3, -0.25) is 14.8 Å². The van der Waals surface area contributed by atoms with E-state index in [1.165, 1.54) is 12.5 Å². The van der Waals surface area contributed by atoms with Gasteiger partial charge in [-0.25, -0.2) is 0 Å². The first-order chi connectivity index (χ1) is 14.1. The van der Waals surface area contributed by atoms with Gasteiger partial charge in [-0.05, 0) is 56.0 Å². The molecule has 6 heteroatoms. The van der Waals surface area contributed by atoms with Gasteiger partial charge in [0, 0.05) is 36.4 Å². The minimum Gasteiger partial charge on any atom is -0.493 e. The number of ether oxygens (including phenoxy) is 3. The van der Waals surface area contributed by atoms with Crippen LogP contribution in [0.5, 0.6) is 11.5 Å². The Kier molecular flexibility index (Phi) is 5.51. The first-order valence-electron chi connectivity index (χ1n) is 10.1. The van der Waals surface area contributed by atoms with Gasteiger partial charge < -0.3 is 14.2 Å². The molecule has 2 aromatic rings. The van der Waals surface area contributed by atoms with Crippen LogP contribution in [0.4, 0.5) is 0 Å². The summed E-state index contributed by atoms with van der Waals surface area (Å²) < 4.78 is 17.0. The zero-order valence-electron chi connectivity index (χ0n) is 17.1. The van der Waals surface area contributed by atoms with Gasteiger partial charge in [0.1, 0.15) is 6.10 Å². The van der Waals surface area contributed by atoms with Crippen LogP contribution in [-0.4, -0.2) is 42.5 Å². The van der Waals surface area contributed by atoms with E-state index in [9.17, 15) is 4.79 Å². The number of rotatable bonds is 5. The van der Waals surface area contributed by atoms with Crippen LogP contribution >= 0.6 is 0 Å². The molecule has 0 spiro atoms. The summed E-state index contributed by atoms with van der Waals surface area (Å²) in [5.41, 5.74) is 4.12. The molecular formula is C23H26N2O4. The number of methoxy groups -OCH3 is 1. The maximum atomic E-state index is 11.5. The molecule has 29 heavy (non-hydrogen) atoms. The molecule has 3 unspecified atom stereocenters. The fourth-order valence-corrected chi connectivity index (χ4v) is 4.43. The van der Waals surface area contributed by atoms with E-state index >= 15 is 0 Å². The van der Waals surface area contributed by atoms with Crippen LogP contribution in [0.3, 0.4) is 0 Å². The number of esters is 1. The van der Waals surface area contributed by atoms with Crippen molar-refractivity contribution < 1.29 is 19.0 Å². The molecule has 2 aliphatic rings. The molecule has 1 aromatic heterocycles. The Bertz CT molecular complexity index is 926. The van der Waals surface area contributed by atoms with E-state index in [1.54, 1.807) is 13.3 Å². The number of aromatic nitrogens is 1. The molecule has 0 amide bonds. The molecule has 1 saturated carbocycles. The normalized spacial score (nSPS) is 22.7. The number of fused-ring (bicyclic) bond motifs is 3. The van der Waals surface area contributed by atoms with Gasteiger partial charge >= 0.3 is 5.97 Å². The first-order valence-corrected chi connectivity index (χ1v) is 10.1. The second-order valence-electron chi connectivity index (χ2n) is 7.46. The van der Waals surface area contributed by atoms with E-state index in [1.807, 2.05) is 31.3 Å². The highest BCUT2D eigenvalue weighted by atomic mass is 16.5. The molecule has 1 aliphatic carbocycles. The van der Waals surface area contributed by atoms with Crippen LogP contribution in [0.2, 0.25) is 0 Å². The molecule has 2 heterocycles. The Morgan fingerprint density at radius 1 is 1.24 bits per heavy atom. The zero-order valence-corrected chi connectivity index (χ0v) is 17.1.